The highest BCUT2D eigenvalue weighted by Crippen LogP contribution is 2.31. The lowest BCUT2D eigenvalue weighted by Crippen LogP contribution is -2.25. The number of benzene rings is 2. The summed E-state index contributed by atoms with van der Waals surface area (Å²) in [5.41, 5.74) is 2.09. The van der Waals surface area contributed by atoms with Crippen molar-refractivity contribution in [2.24, 2.45) is 0 Å². The molecule has 0 bridgehead atoms. The molecule has 0 fully saturated rings. The molecule has 0 amide bonds. The third-order valence-electron chi connectivity index (χ3n) is 3.81. The minimum atomic E-state index is -1.42. The first-order valence-corrected chi connectivity index (χ1v) is 7.14. The van der Waals surface area contributed by atoms with Crippen molar-refractivity contribution in [1.29, 1.82) is 0 Å². The average molecular weight is 294 g/mol. The Morgan fingerprint density at radius 1 is 0.773 bits per heavy atom. The topological polar surface area (TPSA) is 26.7 Å². The molecule has 0 heterocycles. The Labute approximate surface area is 132 Å². The minimum Gasteiger partial charge on any atom is -0.378 e. The first-order valence-electron chi connectivity index (χ1n) is 7.14. The molecule has 0 unspecified atom stereocenters. The van der Waals surface area contributed by atoms with Crippen molar-refractivity contribution in [3.63, 3.8) is 0 Å². The number of anilines is 2. The SMILES string of the molecule is C#CC(O)(c1ccc(N(C)C)cc1)c1ccc(N(C)C)cc1. The second-order valence-electron chi connectivity index (χ2n) is 5.74. The van der Waals surface area contributed by atoms with Gasteiger partial charge in [0, 0.05) is 50.7 Å². The van der Waals surface area contributed by atoms with Crippen molar-refractivity contribution >= 4 is 11.4 Å². The van der Waals surface area contributed by atoms with E-state index in [1.807, 2.05) is 86.5 Å². The molecule has 1 N–H and O–H groups in total. The largest absolute Gasteiger partial charge is 0.378 e. The molecular formula is C19H22N2O. The van der Waals surface area contributed by atoms with Crippen molar-refractivity contribution in [3.8, 4) is 12.3 Å². The van der Waals surface area contributed by atoms with Crippen LogP contribution in [0.5, 0.6) is 0 Å². The maximum Gasteiger partial charge on any atom is 0.176 e. The highest BCUT2D eigenvalue weighted by Gasteiger charge is 2.29. The smallest absolute Gasteiger partial charge is 0.176 e. The van der Waals surface area contributed by atoms with Gasteiger partial charge < -0.3 is 14.9 Å². The van der Waals surface area contributed by atoms with Crippen LogP contribution in [0.4, 0.5) is 11.4 Å². The maximum absolute atomic E-state index is 11.0. The second kappa shape index (κ2) is 6.13. The van der Waals surface area contributed by atoms with Crippen LogP contribution in [0.1, 0.15) is 11.1 Å². The van der Waals surface area contributed by atoms with E-state index in [1.54, 1.807) is 0 Å². The average Bonchev–Trinajstić information content (AvgIpc) is 2.54. The third kappa shape index (κ3) is 2.93. The zero-order valence-electron chi connectivity index (χ0n) is 13.5. The fraction of sp³-hybridized carbons (Fsp3) is 0.263. The number of terminal acetylenes is 1. The summed E-state index contributed by atoms with van der Waals surface area (Å²) in [6.07, 6.45) is 5.65. The number of nitrogens with zero attached hydrogens (tertiary/aromatic N) is 2. The van der Waals surface area contributed by atoms with Crippen molar-refractivity contribution in [1.82, 2.24) is 0 Å². The third-order valence-corrected chi connectivity index (χ3v) is 3.81. The summed E-state index contributed by atoms with van der Waals surface area (Å²) in [7, 11) is 7.90. The van der Waals surface area contributed by atoms with Gasteiger partial charge in [-0.2, -0.15) is 0 Å². The van der Waals surface area contributed by atoms with Gasteiger partial charge in [-0.3, -0.25) is 0 Å². The van der Waals surface area contributed by atoms with Gasteiger partial charge in [-0.05, 0) is 24.3 Å². The molecule has 0 aromatic heterocycles. The first kappa shape index (κ1) is 15.9. The van der Waals surface area contributed by atoms with E-state index in [-0.39, 0.29) is 0 Å². The Hall–Kier alpha value is -2.44. The van der Waals surface area contributed by atoms with E-state index in [9.17, 15) is 5.11 Å². The first-order chi connectivity index (χ1) is 10.4. The molecule has 0 aliphatic rings. The lowest BCUT2D eigenvalue weighted by atomic mass is 9.87. The fourth-order valence-electron chi connectivity index (χ4n) is 2.33. The number of aliphatic hydroxyl groups is 1. The molecule has 22 heavy (non-hydrogen) atoms. The Morgan fingerprint density at radius 3 is 1.32 bits per heavy atom. The Balaban J connectivity index is 2.41. The van der Waals surface area contributed by atoms with E-state index >= 15 is 0 Å². The lowest BCUT2D eigenvalue weighted by molar-refractivity contribution is 0.145. The van der Waals surface area contributed by atoms with Gasteiger partial charge in [0.25, 0.3) is 0 Å². The van der Waals surface area contributed by atoms with Crippen LogP contribution in [-0.4, -0.2) is 33.3 Å². The summed E-state index contributed by atoms with van der Waals surface area (Å²) in [5, 5.41) is 11.0. The minimum absolute atomic E-state index is 0.693. The monoisotopic (exact) mass is 294 g/mol. The normalized spacial score (nSPS) is 10.9. The predicted molar refractivity (Wildman–Crippen MR) is 93.4 cm³/mol. The van der Waals surface area contributed by atoms with Gasteiger partial charge in [-0.1, -0.05) is 30.2 Å². The summed E-state index contributed by atoms with van der Waals surface area (Å²) >= 11 is 0. The zero-order chi connectivity index (χ0) is 16.3. The van der Waals surface area contributed by atoms with Crippen LogP contribution in [0, 0.1) is 12.3 Å². The van der Waals surface area contributed by atoms with Gasteiger partial charge in [-0.25, -0.2) is 0 Å². The van der Waals surface area contributed by atoms with E-state index in [2.05, 4.69) is 5.92 Å². The van der Waals surface area contributed by atoms with Gasteiger partial charge in [0.05, 0.1) is 0 Å². The van der Waals surface area contributed by atoms with Crippen molar-refractivity contribution in [2.45, 2.75) is 5.60 Å². The van der Waals surface area contributed by atoms with Crippen LogP contribution >= 0.6 is 0 Å². The molecule has 0 radical (unpaired) electrons. The fourth-order valence-corrected chi connectivity index (χ4v) is 2.33. The van der Waals surface area contributed by atoms with E-state index in [4.69, 9.17) is 6.42 Å². The van der Waals surface area contributed by atoms with Crippen molar-refractivity contribution < 1.29 is 5.11 Å². The number of hydrogen-bond acceptors (Lipinski definition) is 3. The van der Waals surface area contributed by atoms with Crippen LogP contribution in [0.3, 0.4) is 0 Å². The van der Waals surface area contributed by atoms with Gasteiger partial charge in [0.1, 0.15) is 0 Å². The highest BCUT2D eigenvalue weighted by atomic mass is 16.3. The van der Waals surface area contributed by atoms with E-state index in [1.165, 1.54) is 0 Å². The summed E-state index contributed by atoms with van der Waals surface area (Å²) in [6, 6.07) is 15.3. The number of rotatable bonds is 4. The molecule has 3 nitrogen and oxygen atoms in total. The van der Waals surface area contributed by atoms with E-state index in [0.717, 1.165) is 11.4 Å². The molecular weight excluding hydrogens is 272 g/mol. The quantitative estimate of drug-likeness (QED) is 0.878. The van der Waals surface area contributed by atoms with Crippen LogP contribution in [-0.2, 0) is 5.60 Å². The van der Waals surface area contributed by atoms with Gasteiger partial charge in [0.15, 0.2) is 5.60 Å². The van der Waals surface area contributed by atoms with Gasteiger partial charge in [0.2, 0.25) is 0 Å². The molecule has 0 saturated carbocycles. The second-order valence-corrected chi connectivity index (χ2v) is 5.74. The molecule has 2 aromatic carbocycles. The van der Waals surface area contributed by atoms with Gasteiger partial charge in [-0.15, -0.1) is 6.42 Å². The Morgan fingerprint density at radius 2 is 1.09 bits per heavy atom. The lowest BCUT2D eigenvalue weighted by Gasteiger charge is -2.25. The van der Waals surface area contributed by atoms with Crippen LogP contribution in [0.15, 0.2) is 48.5 Å². The molecule has 0 saturated heterocycles. The summed E-state index contributed by atoms with van der Waals surface area (Å²) in [6.45, 7) is 0. The maximum atomic E-state index is 11.0. The highest BCUT2D eigenvalue weighted by molar-refractivity contribution is 5.54. The molecule has 0 aliphatic carbocycles. The van der Waals surface area contributed by atoms with Crippen LogP contribution in [0.2, 0.25) is 0 Å². The molecule has 2 aromatic rings. The Bertz CT molecular complexity index is 613. The van der Waals surface area contributed by atoms with E-state index < -0.39 is 5.60 Å². The van der Waals surface area contributed by atoms with Crippen molar-refractivity contribution in [2.75, 3.05) is 38.0 Å². The summed E-state index contributed by atoms with van der Waals surface area (Å²) in [4.78, 5) is 4.01. The summed E-state index contributed by atoms with van der Waals surface area (Å²) in [5.74, 6) is 2.54. The molecule has 3 heteroatoms. The standard InChI is InChI=1S/C19H22N2O/c1-6-19(22,15-7-11-17(12-8-15)20(2)3)16-9-13-18(14-10-16)21(4)5/h1,7-14,22H,2-5H3. The van der Waals surface area contributed by atoms with E-state index in [0.29, 0.717) is 11.1 Å². The Kier molecular flexibility index (Phi) is 4.44. The van der Waals surface area contributed by atoms with Crippen LogP contribution in [0.25, 0.3) is 0 Å². The molecule has 0 spiro atoms. The predicted octanol–water partition coefficient (Wildman–Crippen LogP) is 2.69. The molecule has 2 rings (SSSR count). The molecule has 0 atom stereocenters. The molecule has 0 aliphatic heterocycles. The number of hydrogen-bond donors (Lipinski definition) is 1. The molecule has 114 valence electrons. The van der Waals surface area contributed by atoms with Gasteiger partial charge >= 0.3 is 0 Å². The van der Waals surface area contributed by atoms with Crippen LogP contribution < -0.4 is 9.80 Å². The zero-order valence-corrected chi connectivity index (χ0v) is 13.5. The summed E-state index contributed by atoms with van der Waals surface area (Å²) < 4.78 is 0. The van der Waals surface area contributed by atoms with Crippen molar-refractivity contribution in [3.05, 3.63) is 59.7 Å².